The Morgan fingerprint density at radius 2 is 2.00 bits per heavy atom. The largest absolute Gasteiger partial charge is 0.496 e. The number of hydrogen-bond acceptors (Lipinski definition) is 3. The van der Waals surface area contributed by atoms with Gasteiger partial charge in [0.15, 0.2) is 0 Å². The molecule has 0 amide bonds. The zero-order valence-corrected chi connectivity index (χ0v) is 13.2. The maximum atomic E-state index is 13.9. The van der Waals surface area contributed by atoms with Crippen LogP contribution in [-0.4, -0.2) is 36.8 Å². The lowest BCUT2D eigenvalue weighted by Crippen LogP contribution is -2.39. The van der Waals surface area contributed by atoms with Gasteiger partial charge >= 0.3 is 0 Å². The Morgan fingerprint density at radius 1 is 1.33 bits per heavy atom. The van der Waals surface area contributed by atoms with Crippen molar-refractivity contribution in [2.45, 2.75) is 32.8 Å². The van der Waals surface area contributed by atoms with Crippen LogP contribution in [0.15, 0.2) is 18.2 Å². The third kappa shape index (κ3) is 4.17. The van der Waals surface area contributed by atoms with Crippen molar-refractivity contribution >= 4 is 0 Å². The van der Waals surface area contributed by atoms with Crippen LogP contribution in [0.4, 0.5) is 4.39 Å². The highest BCUT2D eigenvalue weighted by atomic mass is 19.1. The first-order valence-corrected chi connectivity index (χ1v) is 7.74. The Labute approximate surface area is 126 Å². The molecule has 0 spiro atoms. The molecule has 0 aliphatic carbocycles. The van der Waals surface area contributed by atoms with E-state index in [-0.39, 0.29) is 5.56 Å². The van der Waals surface area contributed by atoms with E-state index in [2.05, 4.69) is 18.7 Å². The zero-order valence-electron chi connectivity index (χ0n) is 13.2. The molecule has 21 heavy (non-hydrogen) atoms. The van der Waals surface area contributed by atoms with Crippen LogP contribution < -0.4 is 4.74 Å². The van der Waals surface area contributed by atoms with Gasteiger partial charge in [-0.3, -0.25) is 0 Å². The number of piperidine rings is 1. The highest BCUT2D eigenvalue weighted by molar-refractivity contribution is 5.36. The van der Waals surface area contributed by atoms with Crippen molar-refractivity contribution in [3.8, 4) is 5.75 Å². The van der Waals surface area contributed by atoms with Crippen LogP contribution >= 0.6 is 0 Å². The fraction of sp³-hybridized carbons (Fsp3) is 0.647. The Kier molecular flexibility index (Phi) is 5.59. The van der Waals surface area contributed by atoms with Crippen molar-refractivity contribution in [1.82, 2.24) is 4.90 Å². The van der Waals surface area contributed by atoms with E-state index in [4.69, 9.17) is 4.74 Å². The number of methoxy groups -OCH3 is 1. The number of nitrogens with zero attached hydrogens (tertiary/aromatic N) is 1. The molecule has 4 heteroatoms. The molecule has 1 aliphatic heterocycles. The summed E-state index contributed by atoms with van der Waals surface area (Å²) in [4.78, 5) is 2.37. The zero-order chi connectivity index (χ0) is 15.4. The number of hydrogen-bond donors (Lipinski definition) is 1. The van der Waals surface area contributed by atoms with Gasteiger partial charge in [-0.15, -0.1) is 0 Å². The molecule has 118 valence electrons. The van der Waals surface area contributed by atoms with Crippen LogP contribution in [0.3, 0.4) is 0 Å². The van der Waals surface area contributed by atoms with E-state index >= 15 is 0 Å². The number of ether oxygens (including phenoxy) is 1. The summed E-state index contributed by atoms with van der Waals surface area (Å²) in [5, 5.41) is 10.3. The molecule has 1 N–H and O–H groups in total. The van der Waals surface area contributed by atoms with Gasteiger partial charge in [-0.1, -0.05) is 19.9 Å². The standard InChI is InChI=1S/C17H26FNO2/c1-12-9-13(2)11-19(10-12)8-7-15(20)17-14(18)5-4-6-16(17)21-3/h4-6,12-13,15,20H,7-11H2,1-3H3. The molecule has 3 atom stereocenters. The number of rotatable bonds is 5. The summed E-state index contributed by atoms with van der Waals surface area (Å²) < 4.78 is 19.1. The lowest BCUT2D eigenvalue weighted by molar-refractivity contribution is 0.0998. The molecule has 0 aromatic heterocycles. The highest BCUT2D eigenvalue weighted by Gasteiger charge is 2.24. The van der Waals surface area contributed by atoms with Crippen LogP contribution in [0.5, 0.6) is 5.75 Å². The molecule has 1 saturated heterocycles. The van der Waals surface area contributed by atoms with E-state index in [1.165, 1.54) is 19.6 Å². The SMILES string of the molecule is COc1cccc(F)c1C(O)CCN1CC(C)CC(C)C1. The van der Waals surface area contributed by atoms with E-state index in [1.54, 1.807) is 12.1 Å². The number of benzene rings is 1. The van der Waals surface area contributed by atoms with Crippen LogP contribution in [0.25, 0.3) is 0 Å². The second-order valence-corrected chi connectivity index (χ2v) is 6.37. The highest BCUT2D eigenvalue weighted by Crippen LogP contribution is 2.30. The van der Waals surface area contributed by atoms with Crippen molar-refractivity contribution in [2.75, 3.05) is 26.7 Å². The predicted molar refractivity (Wildman–Crippen MR) is 81.9 cm³/mol. The molecule has 1 aromatic rings. The fourth-order valence-corrected chi connectivity index (χ4v) is 3.44. The molecule has 0 radical (unpaired) electrons. The van der Waals surface area contributed by atoms with E-state index in [9.17, 15) is 9.50 Å². The first-order chi connectivity index (χ1) is 10.0. The maximum Gasteiger partial charge on any atom is 0.132 e. The summed E-state index contributed by atoms with van der Waals surface area (Å²) in [5.41, 5.74) is 0.276. The minimum atomic E-state index is -0.825. The number of aliphatic hydroxyl groups excluding tert-OH is 1. The van der Waals surface area contributed by atoms with E-state index < -0.39 is 11.9 Å². The van der Waals surface area contributed by atoms with Gasteiger partial charge in [0.2, 0.25) is 0 Å². The predicted octanol–water partition coefficient (Wildman–Crippen LogP) is 3.24. The van der Waals surface area contributed by atoms with Gasteiger partial charge in [0.25, 0.3) is 0 Å². The molecule has 0 saturated carbocycles. The van der Waals surface area contributed by atoms with Gasteiger partial charge in [-0.25, -0.2) is 4.39 Å². The summed E-state index contributed by atoms with van der Waals surface area (Å²) >= 11 is 0. The molecule has 3 nitrogen and oxygen atoms in total. The summed E-state index contributed by atoms with van der Waals surface area (Å²) in [6, 6.07) is 4.65. The second kappa shape index (κ2) is 7.23. The van der Waals surface area contributed by atoms with Crippen molar-refractivity contribution in [3.05, 3.63) is 29.6 Å². The van der Waals surface area contributed by atoms with Crippen molar-refractivity contribution in [3.63, 3.8) is 0 Å². The Morgan fingerprint density at radius 3 is 2.62 bits per heavy atom. The Balaban J connectivity index is 1.97. The first kappa shape index (κ1) is 16.2. The van der Waals surface area contributed by atoms with Crippen LogP contribution in [0.1, 0.15) is 38.4 Å². The molecular weight excluding hydrogens is 269 g/mol. The maximum absolute atomic E-state index is 13.9. The van der Waals surface area contributed by atoms with Gasteiger partial charge < -0.3 is 14.7 Å². The van der Waals surface area contributed by atoms with Crippen LogP contribution in [0, 0.1) is 17.7 Å². The minimum absolute atomic E-state index is 0.276. The molecular formula is C17H26FNO2. The van der Waals surface area contributed by atoms with Gasteiger partial charge in [-0.05, 0) is 36.8 Å². The molecule has 0 bridgehead atoms. The molecule has 1 heterocycles. The van der Waals surface area contributed by atoms with Gasteiger partial charge in [0, 0.05) is 19.6 Å². The summed E-state index contributed by atoms with van der Waals surface area (Å²) in [7, 11) is 1.50. The second-order valence-electron chi connectivity index (χ2n) is 6.37. The average molecular weight is 295 g/mol. The van der Waals surface area contributed by atoms with Gasteiger partial charge in [-0.2, -0.15) is 0 Å². The number of likely N-dealkylation sites (tertiary alicyclic amines) is 1. The normalized spacial score (nSPS) is 24.8. The number of aliphatic hydroxyl groups is 1. The summed E-state index contributed by atoms with van der Waals surface area (Å²) in [6.07, 6.45) is 0.963. The van der Waals surface area contributed by atoms with E-state index in [0.717, 1.165) is 19.6 Å². The average Bonchev–Trinajstić information content (AvgIpc) is 2.43. The topological polar surface area (TPSA) is 32.7 Å². The number of halogens is 1. The van der Waals surface area contributed by atoms with Crippen LogP contribution in [-0.2, 0) is 0 Å². The van der Waals surface area contributed by atoms with Crippen molar-refractivity contribution in [2.24, 2.45) is 11.8 Å². The smallest absolute Gasteiger partial charge is 0.132 e. The lowest BCUT2D eigenvalue weighted by atomic mass is 9.91. The molecule has 1 fully saturated rings. The minimum Gasteiger partial charge on any atom is -0.496 e. The Hall–Kier alpha value is -1.13. The van der Waals surface area contributed by atoms with E-state index in [0.29, 0.717) is 24.0 Å². The third-order valence-corrected chi connectivity index (χ3v) is 4.23. The summed E-state index contributed by atoms with van der Waals surface area (Å²) in [6.45, 7) is 7.43. The van der Waals surface area contributed by atoms with Crippen molar-refractivity contribution < 1.29 is 14.2 Å². The van der Waals surface area contributed by atoms with Crippen molar-refractivity contribution in [1.29, 1.82) is 0 Å². The molecule has 2 rings (SSSR count). The van der Waals surface area contributed by atoms with Gasteiger partial charge in [0.05, 0.1) is 18.8 Å². The van der Waals surface area contributed by atoms with E-state index in [1.807, 2.05) is 0 Å². The van der Waals surface area contributed by atoms with Gasteiger partial charge in [0.1, 0.15) is 11.6 Å². The molecule has 1 aliphatic rings. The summed E-state index contributed by atoms with van der Waals surface area (Å²) in [5.74, 6) is 1.40. The van der Waals surface area contributed by atoms with Crippen LogP contribution in [0.2, 0.25) is 0 Å². The first-order valence-electron chi connectivity index (χ1n) is 7.74. The Bertz CT molecular complexity index is 456. The quantitative estimate of drug-likeness (QED) is 0.905. The monoisotopic (exact) mass is 295 g/mol. The molecule has 1 aromatic carbocycles. The lowest BCUT2D eigenvalue weighted by Gasteiger charge is -2.35. The fourth-order valence-electron chi connectivity index (χ4n) is 3.44. The molecule has 3 unspecified atom stereocenters. The third-order valence-electron chi connectivity index (χ3n) is 4.23.